The van der Waals surface area contributed by atoms with Crippen LogP contribution in [-0.4, -0.2) is 21.8 Å². The van der Waals surface area contributed by atoms with Gasteiger partial charge in [0.15, 0.2) is 0 Å². The first-order valence-corrected chi connectivity index (χ1v) is 6.00. The average Bonchev–Trinajstić information content (AvgIpc) is 3.08. The van der Waals surface area contributed by atoms with Crippen molar-refractivity contribution in [2.75, 3.05) is 0 Å². The molecule has 1 aliphatic carbocycles. The molecule has 2 unspecified atom stereocenters. The topological polar surface area (TPSA) is 57.5 Å². The van der Waals surface area contributed by atoms with Crippen molar-refractivity contribution in [3.63, 3.8) is 0 Å². The first kappa shape index (κ1) is 12.1. The molecule has 17 heavy (non-hydrogen) atoms. The maximum Gasteiger partial charge on any atom is 0.306 e. The molecule has 1 fully saturated rings. The lowest BCUT2D eigenvalue weighted by atomic mass is 9.91. The Bertz CT molecular complexity index is 397. The van der Waals surface area contributed by atoms with Crippen LogP contribution in [0.25, 0.3) is 0 Å². The summed E-state index contributed by atoms with van der Waals surface area (Å²) < 4.78 is 0. The third-order valence-electron chi connectivity index (χ3n) is 3.67. The molecule has 0 heterocycles. The number of hydrogen-bond acceptors (Lipinski definition) is 2. The summed E-state index contributed by atoms with van der Waals surface area (Å²) in [6.45, 7) is 1.75. The number of carboxylic acids is 1. The lowest BCUT2D eigenvalue weighted by Gasteiger charge is -2.23. The van der Waals surface area contributed by atoms with E-state index in [0.29, 0.717) is 12.8 Å². The van der Waals surface area contributed by atoms with E-state index in [0.717, 1.165) is 6.42 Å². The van der Waals surface area contributed by atoms with Gasteiger partial charge >= 0.3 is 5.97 Å². The van der Waals surface area contributed by atoms with Crippen LogP contribution in [0.3, 0.4) is 0 Å². The Morgan fingerprint density at radius 1 is 1.41 bits per heavy atom. The molecule has 1 saturated carbocycles. The zero-order valence-electron chi connectivity index (χ0n) is 9.97. The highest BCUT2D eigenvalue weighted by molar-refractivity contribution is 5.73. The molecule has 3 heteroatoms. The quantitative estimate of drug-likeness (QED) is 0.820. The minimum absolute atomic E-state index is 0.0799. The highest BCUT2D eigenvalue weighted by atomic mass is 16.4. The van der Waals surface area contributed by atoms with E-state index in [1.165, 1.54) is 5.56 Å². The molecule has 1 aromatic rings. The molecule has 3 nitrogen and oxygen atoms in total. The van der Waals surface area contributed by atoms with Gasteiger partial charge in [-0.1, -0.05) is 30.3 Å². The fraction of sp³-hybridized carbons (Fsp3) is 0.500. The van der Waals surface area contributed by atoms with Crippen molar-refractivity contribution in [2.45, 2.75) is 31.8 Å². The van der Waals surface area contributed by atoms with Crippen molar-refractivity contribution in [2.24, 2.45) is 11.8 Å². The second-order valence-corrected chi connectivity index (χ2v) is 5.13. The van der Waals surface area contributed by atoms with Crippen LogP contribution in [0.2, 0.25) is 0 Å². The number of carboxylic acid groups (broad SMARTS) is 1. The van der Waals surface area contributed by atoms with Crippen LogP contribution in [-0.2, 0) is 11.2 Å². The van der Waals surface area contributed by atoms with Gasteiger partial charge in [0.25, 0.3) is 0 Å². The SMILES string of the molecule is CC(O)(CCc1ccccc1)C1C[C@@H]1C(=O)O. The third-order valence-corrected chi connectivity index (χ3v) is 3.67. The predicted octanol–water partition coefficient (Wildman–Crippen LogP) is 2.09. The van der Waals surface area contributed by atoms with Crippen molar-refractivity contribution < 1.29 is 15.0 Å². The van der Waals surface area contributed by atoms with E-state index in [2.05, 4.69) is 0 Å². The molecule has 3 atom stereocenters. The summed E-state index contributed by atoms with van der Waals surface area (Å²) in [6.07, 6.45) is 2.01. The number of aliphatic hydroxyl groups is 1. The first-order valence-electron chi connectivity index (χ1n) is 6.00. The lowest BCUT2D eigenvalue weighted by Crippen LogP contribution is -2.29. The molecule has 1 aromatic carbocycles. The average molecular weight is 234 g/mol. The maximum absolute atomic E-state index is 10.8. The second kappa shape index (κ2) is 4.49. The van der Waals surface area contributed by atoms with Gasteiger partial charge in [0, 0.05) is 5.92 Å². The van der Waals surface area contributed by atoms with E-state index in [4.69, 9.17) is 5.11 Å². The van der Waals surface area contributed by atoms with Gasteiger partial charge in [-0.2, -0.15) is 0 Å². The van der Waals surface area contributed by atoms with Crippen LogP contribution in [0.1, 0.15) is 25.3 Å². The van der Waals surface area contributed by atoms with Gasteiger partial charge in [0.1, 0.15) is 0 Å². The smallest absolute Gasteiger partial charge is 0.306 e. The van der Waals surface area contributed by atoms with Crippen LogP contribution < -0.4 is 0 Å². The minimum Gasteiger partial charge on any atom is -0.481 e. The Labute approximate surface area is 101 Å². The molecule has 0 bridgehead atoms. The minimum atomic E-state index is -0.862. The van der Waals surface area contributed by atoms with Gasteiger partial charge in [-0.05, 0) is 31.7 Å². The van der Waals surface area contributed by atoms with Gasteiger partial charge in [-0.3, -0.25) is 4.79 Å². The van der Waals surface area contributed by atoms with Gasteiger partial charge in [-0.25, -0.2) is 0 Å². The summed E-state index contributed by atoms with van der Waals surface area (Å²) in [6, 6.07) is 9.96. The number of benzene rings is 1. The van der Waals surface area contributed by atoms with Gasteiger partial charge in [0.2, 0.25) is 0 Å². The Morgan fingerprint density at radius 3 is 2.59 bits per heavy atom. The summed E-state index contributed by atoms with van der Waals surface area (Å²) in [5, 5.41) is 19.1. The number of carbonyl (C=O) groups is 1. The second-order valence-electron chi connectivity index (χ2n) is 5.13. The fourth-order valence-electron chi connectivity index (χ4n) is 2.38. The number of aryl methyl sites for hydroxylation is 1. The van der Waals surface area contributed by atoms with Crippen LogP contribution in [0.4, 0.5) is 0 Å². The zero-order chi connectivity index (χ0) is 12.5. The highest BCUT2D eigenvalue weighted by Gasteiger charge is 2.52. The van der Waals surface area contributed by atoms with Gasteiger partial charge in [-0.15, -0.1) is 0 Å². The van der Waals surface area contributed by atoms with Crippen molar-refractivity contribution in [1.82, 2.24) is 0 Å². The van der Waals surface area contributed by atoms with Crippen LogP contribution in [0.15, 0.2) is 30.3 Å². The molecular formula is C14H18O3. The lowest BCUT2D eigenvalue weighted by molar-refractivity contribution is -0.139. The Balaban J connectivity index is 1.89. The number of aliphatic carboxylic acids is 1. The van der Waals surface area contributed by atoms with E-state index in [-0.39, 0.29) is 11.8 Å². The summed E-state index contributed by atoms with van der Waals surface area (Å²) in [4.78, 5) is 10.8. The largest absolute Gasteiger partial charge is 0.481 e. The standard InChI is InChI=1S/C14H18O3/c1-14(17,12-9-11(12)13(15)16)8-7-10-5-3-2-4-6-10/h2-6,11-12,17H,7-9H2,1H3,(H,15,16)/t11-,12?,14?/m0/s1. The fourth-order valence-corrected chi connectivity index (χ4v) is 2.38. The molecule has 92 valence electrons. The third kappa shape index (κ3) is 2.86. The van der Waals surface area contributed by atoms with E-state index in [1.54, 1.807) is 6.92 Å². The Hall–Kier alpha value is -1.35. The molecule has 0 spiro atoms. The molecule has 2 N–H and O–H groups in total. The number of rotatable bonds is 5. The molecule has 1 aliphatic rings. The molecular weight excluding hydrogens is 216 g/mol. The first-order chi connectivity index (χ1) is 8.00. The Kier molecular flexibility index (Phi) is 3.20. The van der Waals surface area contributed by atoms with E-state index in [1.807, 2.05) is 30.3 Å². The molecule has 2 rings (SSSR count). The molecule has 0 aromatic heterocycles. The van der Waals surface area contributed by atoms with Crippen molar-refractivity contribution in [1.29, 1.82) is 0 Å². The van der Waals surface area contributed by atoms with E-state index < -0.39 is 11.6 Å². The van der Waals surface area contributed by atoms with Crippen molar-refractivity contribution in [3.8, 4) is 0 Å². The van der Waals surface area contributed by atoms with E-state index in [9.17, 15) is 9.90 Å². The molecule has 0 amide bonds. The maximum atomic E-state index is 10.8. The summed E-state index contributed by atoms with van der Waals surface area (Å²) >= 11 is 0. The monoisotopic (exact) mass is 234 g/mol. The summed E-state index contributed by atoms with van der Waals surface area (Å²) in [5.41, 5.74) is 0.319. The predicted molar refractivity (Wildman–Crippen MR) is 64.6 cm³/mol. The summed E-state index contributed by atoms with van der Waals surface area (Å²) in [5.74, 6) is -1.21. The molecule has 0 radical (unpaired) electrons. The van der Waals surface area contributed by atoms with Gasteiger partial charge in [0.05, 0.1) is 11.5 Å². The van der Waals surface area contributed by atoms with Crippen LogP contribution >= 0.6 is 0 Å². The molecule has 0 aliphatic heterocycles. The normalized spacial score (nSPS) is 26.2. The highest BCUT2D eigenvalue weighted by Crippen LogP contribution is 2.48. The number of hydrogen-bond donors (Lipinski definition) is 2. The molecule has 0 saturated heterocycles. The summed E-state index contributed by atoms with van der Waals surface area (Å²) in [7, 11) is 0. The van der Waals surface area contributed by atoms with E-state index >= 15 is 0 Å². The van der Waals surface area contributed by atoms with Crippen LogP contribution in [0, 0.1) is 11.8 Å². The van der Waals surface area contributed by atoms with Crippen molar-refractivity contribution in [3.05, 3.63) is 35.9 Å². The zero-order valence-corrected chi connectivity index (χ0v) is 9.97. The van der Waals surface area contributed by atoms with Crippen LogP contribution in [0.5, 0.6) is 0 Å². The Morgan fingerprint density at radius 2 is 2.06 bits per heavy atom. The van der Waals surface area contributed by atoms with Gasteiger partial charge < -0.3 is 10.2 Å². The van der Waals surface area contributed by atoms with Crippen molar-refractivity contribution >= 4 is 5.97 Å².